The van der Waals surface area contributed by atoms with Crippen LogP contribution in [0.2, 0.25) is 0 Å². The van der Waals surface area contributed by atoms with E-state index in [0.29, 0.717) is 20.5 Å². The minimum atomic E-state index is -4.58. The molecule has 0 saturated carbocycles. The maximum absolute atomic E-state index is 13.1. The molecule has 9 heteroatoms. The van der Waals surface area contributed by atoms with Gasteiger partial charge in [-0.15, -0.1) is 0 Å². The summed E-state index contributed by atoms with van der Waals surface area (Å²) in [5.41, 5.74) is 0.835. The van der Waals surface area contributed by atoms with Crippen LogP contribution in [0.5, 0.6) is 11.5 Å². The van der Waals surface area contributed by atoms with Crippen LogP contribution >= 0.6 is 15.9 Å². The molecular formula is C19H16BrF3N2O3. The first kappa shape index (κ1) is 21.6. The number of hydrogen-bond acceptors (Lipinski definition) is 4. The van der Waals surface area contributed by atoms with Gasteiger partial charge in [-0.1, -0.05) is 12.1 Å². The predicted molar refractivity (Wildman–Crippen MR) is 99.2 cm³/mol. The molecule has 0 heterocycles. The van der Waals surface area contributed by atoms with Gasteiger partial charge in [0.05, 0.1) is 25.9 Å². The van der Waals surface area contributed by atoms with E-state index in [0.717, 1.165) is 0 Å². The zero-order valence-electron chi connectivity index (χ0n) is 15.0. The van der Waals surface area contributed by atoms with Crippen LogP contribution in [-0.4, -0.2) is 37.7 Å². The SMILES string of the molecule is COc1cc(C(=O)N(Cc2ccc(C#N)cc2)CC(F)(F)F)cc(OC)c1Br. The number of benzene rings is 2. The van der Waals surface area contributed by atoms with E-state index in [2.05, 4.69) is 15.9 Å². The van der Waals surface area contributed by atoms with Gasteiger partial charge in [0, 0.05) is 12.1 Å². The summed E-state index contributed by atoms with van der Waals surface area (Å²) < 4.78 is 49.9. The first-order valence-electron chi connectivity index (χ1n) is 7.95. The zero-order valence-corrected chi connectivity index (χ0v) is 16.6. The van der Waals surface area contributed by atoms with Gasteiger partial charge in [-0.3, -0.25) is 4.79 Å². The molecule has 2 aromatic carbocycles. The van der Waals surface area contributed by atoms with E-state index in [1.54, 1.807) is 0 Å². The fourth-order valence-electron chi connectivity index (χ4n) is 2.50. The lowest BCUT2D eigenvalue weighted by atomic mass is 10.1. The summed E-state index contributed by atoms with van der Waals surface area (Å²) in [6.07, 6.45) is -4.58. The monoisotopic (exact) mass is 456 g/mol. The van der Waals surface area contributed by atoms with Crippen molar-refractivity contribution >= 4 is 21.8 Å². The van der Waals surface area contributed by atoms with Crippen LogP contribution in [0.4, 0.5) is 13.2 Å². The molecule has 0 radical (unpaired) electrons. The number of ether oxygens (including phenoxy) is 2. The molecule has 2 aromatic rings. The summed E-state index contributed by atoms with van der Waals surface area (Å²) in [5, 5.41) is 8.83. The Kier molecular flexibility index (Phi) is 6.91. The van der Waals surface area contributed by atoms with Crippen molar-refractivity contribution in [3.8, 4) is 17.6 Å². The number of carbonyl (C=O) groups is 1. The van der Waals surface area contributed by atoms with E-state index >= 15 is 0 Å². The number of methoxy groups -OCH3 is 2. The van der Waals surface area contributed by atoms with Gasteiger partial charge in [0.2, 0.25) is 0 Å². The Morgan fingerprint density at radius 1 is 1.14 bits per heavy atom. The van der Waals surface area contributed by atoms with Gasteiger partial charge < -0.3 is 14.4 Å². The second-order valence-electron chi connectivity index (χ2n) is 5.78. The van der Waals surface area contributed by atoms with Gasteiger partial charge in [0.15, 0.2) is 0 Å². The normalized spacial score (nSPS) is 10.9. The number of halogens is 4. The summed E-state index contributed by atoms with van der Waals surface area (Å²) in [6, 6.07) is 10.6. The zero-order chi connectivity index (χ0) is 20.9. The van der Waals surface area contributed by atoms with Gasteiger partial charge in [-0.25, -0.2) is 0 Å². The lowest BCUT2D eigenvalue weighted by Gasteiger charge is -2.25. The summed E-state index contributed by atoms with van der Waals surface area (Å²) in [5.74, 6) is -0.313. The molecule has 148 valence electrons. The smallest absolute Gasteiger partial charge is 0.406 e. The summed E-state index contributed by atoms with van der Waals surface area (Å²) >= 11 is 3.26. The van der Waals surface area contributed by atoms with Crippen molar-refractivity contribution in [3.63, 3.8) is 0 Å². The fourth-order valence-corrected chi connectivity index (χ4v) is 3.05. The molecule has 0 spiro atoms. The van der Waals surface area contributed by atoms with E-state index < -0.39 is 18.6 Å². The Bertz CT molecular complexity index is 868. The fraction of sp³-hybridized carbons (Fsp3) is 0.263. The number of carbonyl (C=O) groups excluding carboxylic acids is 1. The van der Waals surface area contributed by atoms with Crippen molar-refractivity contribution in [1.82, 2.24) is 4.90 Å². The van der Waals surface area contributed by atoms with Gasteiger partial charge in [-0.2, -0.15) is 18.4 Å². The number of nitriles is 1. The Hall–Kier alpha value is -2.73. The third kappa shape index (κ3) is 5.39. The second kappa shape index (κ2) is 8.97. The minimum absolute atomic E-state index is 0.00482. The number of alkyl halides is 3. The standard InChI is InChI=1S/C19H16BrF3N2O3/c1-27-15-7-14(8-16(28-2)17(15)20)18(26)25(11-19(21,22)23)10-13-5-3-12(9-24)4-6-13/h3-8H,10-11H2,1-2H3. The van der Waals surface area contributed by atoms with Crippen molar-refractivity contribution in [2.45, 2.75) is 12.7 Å². The topological polar surface area (TPSA) is 62.6 Å². The molecule has 0 aromatic heterocycles. The van der Waals surface area contributed by atoms with E-state index in [1.807, 2.05) is 6.07 Å². The maximum atomic E-state index is 13.1. The van der Waals surface area contributed by atoms with Crippen LogP contribution in [0.3, 0.4) is 0 Å². The molecule has 2 rings (SSSR count). The van der Waals surface area contributed by atoms with Crippen LogP contribution in [0.15, 0.2) is 40.9 Å². The third-order valence-electron chi connectivity index (χ3n) is 3.81. The van der Waals surface area contributed by atoms with Gasteiger partial charge in [-0.05, 0) is 45.8 Å². The summed E-state index contributed by atoms with van der Waals surface area (Å²) in [4.78, 5) is 13.5. The molecule has 0 atom stereocenters. The first-order valence-corrected chi connectivity index (χ1v) is 8.74. The highest BCUT2D eigenvalue weighted by atomic mass is 79.9. The molecule has 5 nitrogen and oxygen atoms in total. The van der Waals surface area contributed by atoms with E-state index in [4.69, 9.17) is 14.7 Å². The van der Waals surface area contributed by atoms with Crippen molar-refractivity contribution in [2.75, 3.05) is 20.8 Å². The van der Waals surface area contributed by atoms with Crippen molar-refractivity contribution < 1.29 is 27.4 Å². The number of amides is 1. The summed E-state index contributed by atoms with van der Waals surface area (Å²) in [6.45, 7) is -1.70. The lowest BCUT2D eigenvalue weighted by Crippen LogP contribution is -2.38. The average molecular weight is 457 g/mol. The molecular weight excluding hydrogens is 441 g/mol. The molecule has 28 heavy (non-hydrogen) atoms. The highest BCUT2D eigenvalue weighted by Crippen LogP contribution is 2.36. The Morgan fingerprint density at radius 2 is 1.68 bits per heavy atom. The molecule has 1 amide bonds. The molecule has 0 bridgehead atoms. The molecule has 0 aliphatic rings. The molecule has 0 fully saturated rings. The van der Waals surface area contributed by atoms with Crippen molar-refractivity contribution in [2.24, 2.45) is 0 Å². The Morgan fingerprint density at radius 3 is 2.11 bits per heavy atom. The predicted octanol–water partition coefficient (Wildman–Crippen LogP) is 4.54. The highest BCUT2D eigenvalue weighted by Gasteiger charge is 2.34. The highest BCUT2D eigenvalue weighted by molar-refractivity contribution is 9.10. The molecule has 0 aliphatic heterocycles. The van der Waals surface area contributed by atoms with Crippen molar-refractivity contribution in [1.29, 1.82) is 5.26 Å². The average Bonchev–Trinajstić information content (AvgIpc) is 2.66. The first-order chi connectivity index (χ1) is 13.2. The Balaban J connectivity index is 2.39. The van der Waals surface area contributed by atoms with Gasteiger partial charge in [0.25, 0.3) is 5.91 Å². The van der Waals surface area contributed by atoms with E-state index in [9.17, 15) is 18.0 Å². The molecule has 0 N–H and O–H groups in total. The number of hydrogen-bond donors (Lipinski definition) is 0. The van der Waals surface area contributed by atoms with Crippen LogP contribution in [0, 0.1) is 11.3 Å². The van der Waals surface area contributed by atoms with Crippen molar-refractivity contribution in [3.05, 3.63) is 57.6 Å². The minimum Gasteiger partial charge on any atom is -0.495 e. The quantitative estimate of drug-likeness (QED) is 0.639. The molecule has 0 unspecified atom stereocenters. The van der Waals surface area contributed by atoms with Gasteiger partial charge >= 0.3 is 6.18 Å². The Labute approximate surface area is 168 Å². The lowest BCUT2D eigenvalue weighted by molar-refractivity contribution is -0.141. The second-order valence-corrected chi connectivity index (χ2v) is 6.57. The maximum Gasteiger partial charge on any atom is 0.406 e. The van der Waals surface area contributed by atoms with Crippen LogP contribution in [0.25, 0.3) is 0 Å². The van der Waals surface area contributed by atoms with E-state index in [-0.39, 0.29) is 23.6 Å². The largest absolute Gasteiger partial charge is 0.495 e. The van der Waals surface area contributed by atoms with Gasteiger partial charge in [0.1, 0.15) is 22.5 Å². The van der Waals surface area contributed by atoms with Crippen LogP contribution < -0.4 is 9.47 Å². The molecule has 0 aliphatic carbocycles. The molecule has 0 saturated heterocycles. The van der Waals surface area contributed by atoms with E-state index in [1.165, 1.54) is 50.6 Å². The van der Waals surface area contributed by atoms with Crippen LogP contribution in [-0.2, 0) is 6.54 Å². The summed E-state index contributed by atoms with van der Waals surface area (Å²) in [7, 11) is 2.75. The number of rotatable bonds is 6. The number of nitrogens with zero attached hydrogens (tertiary/aromatic N) is 2. The third-order valence-corrected chi connectivity index (χ3v) is 4.59. The van der Waals surface area contributed by atoms with Crippen LogP contribution in [0.1, 0.15) is 21.5 Å².